The van der Waals surface area contributed by atoms with Gasteiger partial charge in [-0.1, -0.05) is 6.42 Å². The van der Waals surface area contributed by atoms with Crippen LogP contribution in [-0.4, -0.2) is 37.4 Å². The summed E-state index contributed by atoms with van der Waals surface area (Å²) in [4.78, 5) is 0. The van der Waals surface area contributed by atoms with Crippen molar-refractivity contribution in [1.82, 2.24) is 10.6 Å². The molecule has 0 amide bonds. The van der Waals surface area contributed by atoms with Gasteiger partial charge in [-0.25, -0.2) is 0 Å². The summed E-state index contributed by atoms with van der Waals surface area (Å²) in [7, 11) is 0. The Morgan fingerprint density at radius 2 is 1.77 bits per heavy atom. The maximum absolute atomic E-state index is 8.50. The highest BCUT2D eigenvalue weighted by Gasteiger charge is 2.10. The number of hydrogen-bond acceptors (Lipinski definition) is 3. The number of nitrogens with one attached hydrogen (secondary N) is 2. The molecule has 2 saturated heterocycles. The first-order valence-electron chi connectivity index (χ1n) is 5.48. The van der Waals surface area contributed by atoms with E-state index in [1.54, 1.807) is 0 Å². The monoisotopic (exact) mass is 186 g/mol. The van der Waals surface area contributed by atoms with Gasteiger partial charge in [0.2, 0.25) is 0 Å². The normalized spacial score (nSPS) is 27.9. The second-order valence-electron chi connectivity index (χ2n) is 3.79. The molecule has 0 aromatic rings. The standard InChI is InChI=1S/C5H11NO.C5H11N/c7-4-5-2-1-3-6-5;1-2-4-6-5-3-1/h5-7H,1-4H2;6H,1-5H2. The molecule has 78 valence electrons. The lowest BCUT2D eigenvalue weighted by atomic mass is 10.2. The zero-order valence-corrected chi connectivity index (χ0v) is 8.39. The van der Waals surface area contributed by atoms with Gasteiger partial charge in [-0.3, -0.25) is 0 Å². The van der Waals surface area contributed by atoms with Crippen LogP contribution in [0.3, 0.4) is 0 Å². The van der Waals surface area contributed by atoms with Crippen molar-refractivity contribution in [3.63, 3.8) is 0 Å². The lowest BCUT2D eigenvalue weighted by molar-refractivity contribution is 0.255. The highest BCUT2D eigenvalue weighted by molar-refractivity contribution is 4.71. The van der Waals surface area contributed by atoms with Gasteiger partial charge in [-0.15, -0.1) is 0 Å². The highest BCUT2D eigenvalue weighted by Crippen LogP contribution is 2.02. The predicted molar refractivity (Wildman–Crippen MR) is 54.8 cm³/mol. The first kappa shape index (κ1) is 11.0. The van der Waals surface area contributed by atoms with Crippen molar-refractivity contribution in [3.05, 3.63) is 0 Å². The first-order chi connectivity index (χ1) is 6.43. The molecule has 0 aromatic heterocycles. The van der Waals surface area contributed by atoms with E-state index in [1.165, 1.54) is 38.8 Å². The number of hydrogen-bond donors (Lipinski definition) is 3. The Morgan fingerprint density at radius 1 is 1.00 bits per heavy atom. The third-order valence-corrected chi connectivity index (χ3v) is 2.59. The van der Waals surface area contributed by atoms with E-state index in [4.69, 9.17) is 5.11 Å². The van der Waals surface area contributed by atoms with Crippen LogP contribution in [0.1, 0.15) is 32.1 Å². The lowest BCUT2D eigenvalue weighted by Gasteiger charge is -2.08. The lowest BCUT2D eigenvalue weighted by Crippen LogP contribution is -2.24. The van der Waals surface area contributed by atoms with Gasteiger partial charge in [0.1, 0.15) is 0 Å². The van der Waals surface area contributed by atoms with E-state index < -0.39 is 0 Å². The molecule has 0 saturated carbocycles. The maximum Gasteiger partial charge on any atom is 0.0584 e. The van der Waals surface area contributed by atoms with Crippen molar-refractivity contribution in [2.24, 2.45) is 0 Å². The highest BCUT2D eigenvalue weighted by atomic mass is 16.3. The molecule has 13 heavy (non-hydrogen) atoms. The van der Waals surface area contributed by atoms with Gasteiger partial charge in [0, 0.05) is 6.04 Å². The fourth-order valence-electron chi connectivity index (χ4n) is 1.71. The van der Waals surface area contributed by atoms with E-state index >= 15 is 0 Å². The van der Waals surface area contributed by atoms with Gasteiger partial charge < -0.3 is 15.7 Å². The van der Waals surface area contributed by atoms with Crippen LogP contribution in [0.25, 0.3) is 0 Å². The topological polar surface area (TPSA) is 44.3 Å². The van der Waals surface area contributed by atoms with Gasteiger partial charge >= 0.3 is 0 Å². The van der Waals surface area contributed by atoms with Gasteiger partial charge in [0.25, 0.3) is 0 Å². The molecule has 2 aliphatic heterocycles. The Morgan fingerprint density at radius 3 is 2.00 bits per heavy atom. The third-order valence-electron chi connectivity index (χ3n) is 2.59. The largest absolute Gasteiger partial charge is 0.395 e. The van der Waals surface area contributed by atoms with Gasteiger partial charge in [-0.2, -0.15) is 0 Å². The Labute approximate surface area is 80.9 Å². The van der Waals surface area contributed by atoms with E-state index in [2.05, 4.69) is 10.6 Å². The summed E-state index contributed by atoms with van der Waals surface area (Å²) in [6.07, 6.45) is 6.59. The van der Waals surface area contributed by atoms with Gasteiger partial charge in [0.05, 0.1) is 6.61 Å². The smallest absolute Gasteiger partial charge is 0.0584 e. The molecule has 2 heterocycles. The third kappa shape index (κ3) is 5.24. The number of aliphatic hydroxyl groups is 1. The molecule has 1 atom stereocenters. The molecule has 3 heteroatoms. The summed E-state index contributed by atoms with van der Waals surface area (Å²) in [5.41, 5.74) is 0. The minimum absolute atomic E-state index is 0.306. The molecule has 3 N–H and O–H groups in total. The van der Waals surface area contributed by atoms with E-state index in [9.17, 15) is 0 Å². The second-order valence-corrected chi connectivity index (χ2v) is 3.79. The molecular weight excluding hydrogens is 164 g/mol. The van der Waals surface area contributed by atoms with Crippen molar-refractivity contribution < 1.29 is 5.11 Å². The van der Waals surface area contributed by atoms with Crippen molar-refractivity contribution in [2.75, 3.05) is 26.2 Å². The SMILES string of the molecule is C1CCNCC1.OCC1CCCN1. The molecule has 1 unspecified atom stereocenters. The minimum atomic E-state index is 0.306. The molecule has 0 spiro atoms. The second kappa shape index (κ2) is 7.30. The fourth-order valence-corrected chi connectivity index (χ4v) is 1.71. The van der Waals surface area contributed by atoms with E-state index in [1.807, 2.05) is 0 Å². The predicted octanol–water partition coefficient (Wildman–Crippen LogP) is 0.491. The van der Waals surface area contributed by atoms with Crippen molar-refractivity contribution in [3.8, 4) is 0 Å². The maximum atomic E-state index is 8.50. The first-order valence-corrected chi connectivity index (χ1v) is 5.48. The number of aliphatic hydroxyl groups excluding tert-OH is 1. The van der Waals surface area contributed by atoms with Crippen LogP contribution in [0.2, 0.25) is 0 Å². The van der Waals surface area contributed by atoms with Crippen LogP contribution in [0, 0.1) is 0 Å². The summed E-state index contributed by atoms with van der Waals surface area (Å²) in [6.45, 7) is 3.89. The number of rotatable bonds is 1. The van der Waals surface area contributed by atoms with Crippen LogP contribution in [-0.2, 0) is 0 Å². The molecule has 0 radical (unpaired) electrons. The minimum Gasteiger partial charge on any atom is -0.395 e. The number of piperidine rings is 1. The van der Waals surface area contributed by atoms with Crippen molar-refractivity contribution in [2.45, 2.75) is 38.1 Å². The molecule has 0 aliphatic carbocycles. The Balaban J connectivity index is 0.000000132. The quantitative estimate of drug-likeness (QED) is 0.558. The average Bonchev–Trinajstić information content (AvgIpc) is 2.74. The van der Waals surface area contributed by atoms with Crippen LogP contribution < -0.4 is 10.6 Å². The van der Waals surface area contributed by atoms with Gasteiger partial charge in [-0.05, 0) is 45.3 Å². The van der Waals surface area contributed by atoms with Crippen molar-refractivity contribution in [1.29, 1.82) is 0 Å². The molecular formula is C10H22N2O. The molecule has 0 aromatic carbocycles. The Hall–Kier alpha value is -0.120. The zero-order valence-electron chi connectivity index (χ0n) is 8.39. The molecule has 2 fully saturated rings. The van der Waals surface area contributed by atoms with Gasteiger partial charge in [0.15, 0.2) is 0 Å². The summed E-state index contributed by atoms with van der Waals surface area (Å²) in [6, 6.07) is 0.403. The van der Waals surface area contributed by atoms with Crippen LogP contribution >= 0.6 is 0 Å². The summed E-state index contributed by atoms with van der Waals surface area (Å²) in [5, 5.41) is 14.9. The average molecular weight is 186 g/mol. The Bertz CT molecular complexity index is 98.0. The van der Waals surface area contributed by atoms with Crippen LogP contribution in [0.15, 0.2) is 0 Å². The molecule has 2 rings (SSSR count). The Kier molecular flexibility index (Phi) is 6.15. The van der Waals surface area contributed by atoms with Crippen molar-refractivity contribution >= 4 is 0 Å². The summed E-state index contributed by atoms with van der Waals surface area (Å²) >= 11 is 0. The summed E-state index contributed by atoms with van der Waals surface area (Å²) < 4.78 is 0. The molecule has 3 nitrogen and oxygen atoms in total. The van der Waals surface area contributed by atoms with E-state index in [0.717, 1.165) is 13.0 Å². The van der Waals surface area contributed by atoms with Crippen LogP contribution in [0.4, 0.5) is 0 Å². The fraction of sp³-hybridized carbons (Fsp3) is 1.00. The van der Waals surface area contributed by atoms with E-state index in [0.29, 0.717) is 12.6 Å². The zero-order chi connectivity index (χ0) is 9.36. The van der Waals surface area contributed by atoms with E-state index in [-0.39, 0.29) is 0 Å². The molecule has 2 aliphatic rings. The summed E-state index contributed by atoms with van der Waals surface area (Å²) in [5.74, 6) is 0. The molecule has 0 bridgehead atoms. The van der Waals surface area contributed by atoms with Crippen LogP contribution in [0.5, 0.6) is 0 Å².